The van der Waals surface area contributed by atoms with Gasteiger partial charge in [-0.25, -0.2) is 0 Å². The average Bonchev–Trinajstić information content (AvgIpc) is 2.36. The number of nitrogens with zero attached hydrogens (tertiary/aromatic N) is 2. The van der Waals surface area contributed by atoms with Crippen molar-refractivity contribution in [3.63, 3.8) is 0 Å². The molecule has 0 aliphatic carbocycles. The normalized spacial score (nSPS) is 35.4. The highest BCUT2D eigenvalue weighted by Crippen LogP contribution is 2.01. The van der Waals surface area contributed by atoms with E-state index in [1.165, 1.54) is 19.6 Å². The Morgan fingerprint density at radius 2 is 1.30 bits per heavy atom. The smallest absolute Gasteiger partial charge is 0.0190 e. The Morgan fingerprint density at radius 1 is 0.800 bits per heavy atom. The molecule has 0 saturated carbocycles. The zero-order chi connectivity index (χ0) is 15.7. The number of piperazine rings is 2. The summed E-state index contributed by atoms with van der Waals surface area (Å²) in [5.41, 5.74) is 0. The molecule has 4 heteroatoms. The van der Waals surface area contributed by atoms with Gasteiger partial charge in [-0.05, 0) is 41.8 Å². The maximum absolute atomic E-state index is 3.47. The Morgan fingerprint density at radius 3 is 1.65 bits per heavy atom. The van der Waals surface area contributed by atoms with Crippen LogP contribution in [0.5, 0.6) is 0 Å². The van der Waals surface area contributed by atoms with Gasteiger partial charge in [-0.3, -0.25) is 0 Å². The van der Waals surface area contributed by atoms with E-state index in [9.17, 15) is 0 Å². The van der Waals surface area contributed by atoms with Gasteiger partial charge in [-0.1, -0.05) is 13.8 Å². The van der Waals surface area contributed by atoms with Gasteiger partial charge in [0, 0.05) is 50.3 Å². The van der Waals surface area contributed by atoms with Gasteiger partial charge in [0.25, 0.3) is 0 Å². The van der Waals surface area contributed by atoms with Gasteiger partial charge in [-0.2, -0.15) is 0 Å². The lowest BCUT2D eigenvalue weighted by Crippen LogP contribution is -2.52. The van der Waals surface area contributed by atoms with Crippen molar-refractivity contribution in [3.8, 4) is 0 Å². The molecule has 2 N–H and O–H groups in total. The molecule has 4 unspecified atom stereocenters. The van der Waals surface area contributed by atoms with Crippen LogP contribution < -0.4 is 10.6 Å². The first-order chi connectivity index (χ1) is 9.38. The number of hydrogen-bond donors (Lipinski definition) is 2. The molecule has 0 bridgehead atoms. The Balaban J connectivity index is 0.000000321. The Kier molecular flexibility index (Phi) is 10.5. The van der Waals surface area contributed by atoms with E-state index < -0.39 is 0 Å². The van der Waals surface area contributed by atoms with E-state index in [2.05, 4.69) is 62.2 Å². The van der Waals surface area contributed by atoms with Crippen LogP contribution in [0.3, 0.4) is 0 Å². The molecule has 2 aliphatic rings. The maximum atomic E-state index is 3.47. The van der Waals surface area contributed by atoms with Gasteiger partial charge in [0.2, 0.25) is 0 Å². The topological polar surface area (TPSA) is 30.5 Å². The number of likely N-dealkylation sites (N-methyl/N-ethyl adjacent to an activating group) is 2. The quantitative estimate of drug-likeness (QED) is 0.708. The molecule has 0 aromatic rings. The average molecular weight is 287 g/mol. The molecular weight excluding hydrogens is 248 g/mol. The van der Waals surface area contributed by atoms with Gasteiger partial charge in [0.15, 0.2) is 0 Å². The summed E-state index contributed by atoms with van der Waals surface area (Å²) < 4.78 is 0. The minimum atomic E-state index is 0.666. The first-order valence-electron chi connectivity index (χ1n) is 8.26. The molecule has 2 fully saturated rings. The van der Waals surface area contributed by atoms with E-state index in [1.54, 1.807) is 0 Å². The summed E-state index contributed by atoms with van der Waals surface area (Å²) in [5, 5.41) is 6.89. The third-order valence-electron chi connectivity index (χ3n) is 3.82. The largest absolute Gasteiger partial charge is 0.311 e. The van der Waals surface area contributed by atoms with Crippen LogP contribution in [0.2, 0.25) is 0 Å². The Hall–Kier alpha value is -0.160. The van der Waals surface area contributed by atoms with Crippen molar-refractivity contribution in [2.24, 2.45) is 0 Å². The third kappa shape index (κ3) is 8.20. The molecular formula is C16H38N4. The molecule has 2 heterocycles. The fraction of sp³-hybridized carbons (Fsp3) is 1.00. The second kappa shape index (κ2) is 10.6. The lowest BCUT2D eigenvalue weighted by atomic mass is 10.2. The van der Waals surface area contributed by atoms with Gasteiger partial charge in [0.1, 0.15) is 0 Å². The molecule has 0 radical (unpaired) electrons. The molecule has 0 amide bonds. The third-order valence-corrected chi connectivity index (χ3v) is 3.82. The molecule has 0 aromatic carbocycles. The fourth-order valence-electron chi connectivity index (χ4n) is 2.80. The van der Waals surface area contributed by atoms with Crippen LogP contribution in [-0.2, 0) is 0 Å². The monoisotopic (exact) mass is 286 g/mol. The lowest BCUT2D eigenvalue weighted by Gasteiger charge is -2.34. The summed E-state index contributed by atoms with van der Waals surface area (Å²) in [7, 11) is 4.36. The second-order valence-electron chi connectivity index (χ2n) is 6.29. The predicted molar refractivity (Wildman–Crippen MR) is 90.5 cm³/mol. The molecule has 2 rings (SSSR count). The molecule has 20 heavy (non-hydrogen) atoms. The summed E-state index contributed by atoms with van der Waals surface area (Å²) in [4.78, 5) is 4.76. The van der Waals surface area contributed by atoms with E-state index in [-0.39, 0.29) is 0 Å². The molecule has 0 aromatic heterocycles. The van der Waals surface area contributed by atoms with Crippen molar-refractivity contribution in [2.45, 2.75) is 65.7 Å². The molecule has 4 atom stereocenters. The van der Waals surface area contributed by atoms with Crippen LogP contribution in [0.15, 0.2) is 0 Å². The summed E-state index contributed by atoms with van der Waals surface area (Å²) in [5.74, 6) is 0. The summed E-state index contributed by atoms with van der Waals surface area (Å²) in [6, 6.07) is 2.71. The second-order valence-corrected chi connectivity index (χ2v) is 6.29. The van der Waals surface area contributed by atoms with Crippen LogP contribution >= 0.6 is 0 Å². The van der Waals surface area contributed by atoms with Gasteiger partial charge in [0.05, 0.1) is 0 Å². The first-order valence-corrected chi connectivity index (χ1v) is 8.26. The predicted octanol–water partition coefficient (Wildman–Crippen LogP) is 1.62. The van der Waals surface area contributed by atoms with Gasteiger partial charge >= 0.3 is 0 Å². The van der Waals surface area contributed by atoms with Crippen molar-refractivity contribution < 1.29 is 0 Å². The van der Waals surface area contributed by atoms with E-state index >= 15 is 0 Å². The highest BCUT2D eigenvalue weighted by Gasteiger charge is 2.18. The van der Waals surface area contributed by atoms with Crippen molar-refractivity contribution >= 4 is 0 Å². The first kappa shape index (κ1) is 19.8. The minimum Gasteiger partial charge on any atom is -0.311 e. The van der Waals surface area contributed by atoms with Crippen LogP contribution in [-0.4, -0.2) is 74.2 Å². The summed E-state index contributed by atoms with van der Waals surface area (Å²) in [6.45, 7) is 17.6. The van der Waals surface area contributed by atoms with E-state index in [0.29, 0.717) is 24.2 Å². The molecule has 2 aliphatic heterocycles. The Bertz CT molecular complexity index is 209. The number of nitrogens with one attached hydrogen (secondary N) is 2. The van der Waals surface area contributed by atoms with Crippen molar-refractivity contribution in [1.82, 2.24) is 20.4 Å². The lowest BCUT2D eigenvalue weighted by molar-refractivity contribution is 0.182. The fourth-order valence-corrected chi connectivity index (χ4v) is 2.80. The van der Waals surface area contributed by atoms with E-state index in [1.807, 2.05) is 13.8 Å². The van der Waals surface area contributed by atoms with Crippen LogP contribution in [0, 0.1) is 0 Å². The number of rotatable bonds is 0. The SMILES string of the molecule is CC.CC1CN(C)C(C)CN1.CC1CN(C)CC(C)N1. The van der Waals surface area contributed by atoms with Gasteiger partial charge in [-0.15, -0.1) is 0 Å². The maximum Gasteiger partial charge on any atom is 0.0190 e. The van der Waals surface area contributed by atoms with Crippen LogP contribution in [0.25, 0.3) is 0 Å². The molecule has 2 saturated heterocycles. The highest BCUT2D eigenvalue weighted by atomic mass is 15.2. The van der Waals surface area contributed by atoms with Crippen molar-refractivity contribution in [2.75, 3.05) is 40.3 Å². The van der Waals surface area contributed by atoms with Gasteiger partial charge < -0.3 is 20.4 Å². The van der Waals surface area contributed by atoms with Crippen molar-refractivity contribution in [3.05, 3.63) is 0 Å². The standard InChI is InChI=1S/2C7H16N2.C2H6/c1-6-5-9(3)7(2)4-8-6;1-6-4-9(3)5-7(2)8-6;1-2/h2*6-8H,4-5H2,1-3H3;1-2H3. The summed E-state index contributed by atoms with van der Waals surface area (Å²) in [6.07, 6.45) is 0. The molecule has 4 nitrogen and oxygen atoms in total. The summed E-state index contributed by atoms with van der Waals surface area (Å²) >= 11 is 0. The number of hydrogen-bond acceptors (Lipinski definition) is 4. The Labute approximate surface area is 127 Å². The van der Waals surface area contributed by atoms with Crippen LogP contribution in [0.1, 0.15) is 41.5 Å². The zero-order valence-corrected chi connectivity index (χ0v) is 15.0. The van der Waals surface area contributed by atoms with E-state index in [4.69, 9.17) is 0 Å². The van der Waals surface area contributed by atoms with Crippen molar-refractivity contribution in [1.29, 1.82) is 0 Å². The van der Waals surface area contributed by atoms with E-state index in [0.717, 1.165) is 6.54 Å². The van der Waals surface area contributed by atoms with Crippen LogP contribution in [0.4, 0.5) is 0 Å². The molecule has 0 spiro atoms. The highest BCUT2D eigenvalue weighted by molar-refractivity contribution is 4.79. The molecule has 122 valence electrons. The minimum absolute atomic E-state index is 0.666. The zero-order valence-electron chi connectivity index (χ0n) is 15.0.